The molecule has 144 valence electrons. The van der Waals surface area contributed by atoms with E-state index in [1.165, 1.54) is 0 Å². The summed E-state index contributed by atoms with van der Waals surface area (Å²) in [7, 11) is 1.63. The van der Waals surface area contributed by atoms with Gasteiger partial charge in [-0.3, -0.25) is 0 Å². The van der Waals surface area contributed by atoms with Gasteiger partial charge in [0.25, 0.3) is 0 Å². The van der Waals surface area contributed by atoms with Crippen LogP contribution in [0.15, 0.2) is 42.9 Å². The summed E-state index contributed by atoms with van der Waals surface area (Å²) in [5, 5.41) is 12.2. The first kappa shape index (κ1) is 17.0. The van der Waals surface area contributed by atoms with E-state index in [2.05, 4.69) is 33.5 Å². The second kappa shape index (κ2) is 6.20. The number of ether oxygens (including phenoxy) is 1. The Kier molecular flexibility index (Phi) is 3.77. The van der Waals surface area contributed by atoms with Crippen molar-refractivity contribution in [2.75, 3.05) is 19.0 Å². The van der Waals surface area contributed by atoms with Gasteiger partial charge in [-0.15, -0.1) is 5.10 Å². The maximum absolute atomic E-state index is 6.10. The Hall–Kier alpha value is -3.13. The molecule has 0 radical (unpaired) electrons. The second-order valence-electron chi connectivity index (χ2n) is 7.89. The van der Waals surface area contributed by atoms with Crippen LogP contribution in [0.25, 0.3) is 22.2 Å². The van der Waals surface area contributed by atoms with Gasteiger partial charge >= 0.3 is 0 Å². The van der Waals surface area contributed by atoms with Gasteiger partial charge in [0.1, 0.15) is 5.52 Å². The van der Waals surface area contributed by atoms with Crippen molar-refractivity contribution in [2.45, 2.75) is 25.3 Å². The highest BCUT2D eigenvalue weighted by atomic mass is 16.5. The summed E-state index contributed by atoms with van der Waals surface area (Å²) in [5.41, 5.74) is 10.0. The van der Waals surface area contributed by atoms with Gasteiger partial charge in [-0.25, -0.2) is 9.03 Å². The van der Waals surface area contributed by atoms with Crippen LogP contribution in [0, 0.1) is 5.92 Å². The van der Waals surface area contributed by atoms with Gasteiger partial charge < -0.3 is 15.8 Å². The lowest BCUT2D eigenvalue weighted by Crippen LogP contribution is -2.50. The third-order valence-electron chi connectivity index (χ3n) is 5.44. The molecule has 1 aliphatic rings. The average Bonchev–Trinajstić information content (AvgIpc) is 3.29. The molecule has 8 heteroatoms. The molecular weight excluding hydrogens is 354 g/mol. The fourth-order valence-electron chi connectivity index (χ4n) is 4.17. The smallest absolute Gasteiger partial charge is 0.244 e. The molecule has 0 saturated heterocycles. The number of hydrogen-bond acceptors (Lipinski definition) is 6. The SMILES string of the molecule is COc1nc(NCC2CC(C)(N)C2)nn2ccc(-c3ccn4nccc4c3)c12. The fourth-order valence-corrected chi connectivity index (χ4v) is 4.17. The highest BCUT2D eigenvalue weighted by molar-refractivity contribution is 5.85. The molecule has 28 heavy (non-hydrogen) atoms. The largest absolute Gasteiger partial charge is 0.479 e. The van der Waals surface area contributed by atoms with Crippen molar-refractivity contribution < 1.29 is 4.74 Å². The van der Waals surface area contributed by atoms with Crippen LogP contribution in [-0.4, -0.2) is 43.4 Å². The number of rotatable bonds is 5. The third-order valence-corrected chi connectivity index (χ3v) is 5.44. The summed E-state index contributed by atoms with van der Waals surface area (Å²) >= 11 is 0. The molecule has 1 aliphatic carbocycles. The minimum atomic E-state index is -0.0270. The molecule has 0 atom stereocenters. The summed E-state index contributed by atoms with van der Waals surface area (Å²) in [6.45, 7) is 2.91. The van der Waals surface area contributed by atoms with E-state index in [1.54, 1.807) is 13.3 Å². The normalized spacial score (nSPS) is 21.8. The molecule has 4 heterocycles. The van der Waals surface area contributed by atoms with Crippen LogP contribution in [-0.2, 0) is 0 Å². The molecule has 0 unspecified atom stereocenters. The maximum atomic E-state index is 6.10. The lowest BCUT2D eigenvalue weighted by molar-refractivity contribution is 0.177. The lowest BCUT2D eigenvalue weighted by atomic mass is 9.70. The zero-order chi connectivity index (χ0) is 19.3. The van der Waals surface area contributed by atoms with Crippen molar-refractivity contribution in [1.29, 1.82) is 0 Å². The number of nitrogens with zero attached hydrogens (tertiary/aromatic N) is 5. The van der Waals surface area contributed by atoms with E-state index in [1.807, 2.05) is 39.6 Å². The van der Waals surface area contributed by atoms with E-state index in [-0.39, 0.29) is 5.54 Å². The molecule has 4 aromatic heterocycles. The average molecular weight is 377 g/mol. The molecule has 3 N–H and O–H groups in total. The maximum Gasteiger partial charge on any atom is 0.244 e. The first-order valence-corrected chi connectivity index (χ1v) is 9.42. The van der Waals surface area contributed by atoms with Gasteiger partial charge in [0, 0.05) is 36.2 Å². The van der Waals surface area contributed by atoms with Gasteiger partial charge in [0.15, 0.2) is 0 Å². The van der Waals surface area contributed by atoms with E-state index >= 15 is 0 Å². The van der Waals surface area contributed by atoms with Gasteiger partial charge in [0.05, 0.1) is 12.6 Å². The number of fused-ring (bicyclic) bond motifs is 2. The number of hydrogen-bond donors (Lipinski definition) is 2. The van der Waals surface area contributed by atoms with E-state index in [0.29, 0.717) is 17.7 Å². The van der Waals surface area contributed by atoms with Gasteiger partial charge in [-0.2, -0.15) is 10.1 Å². The summed E-state index contributed by atoms with van der Waals surface area (Å²) in [4.78, 5) is 4.58. The number of aromatic nitrogens is 5. The first-order valence-electron chi connectivity index (χ1n) is 9.42. The Morgan fingerprint density at radius 2 is 2.07 bits per heavy atom. The lowest BCUT2D eigenvalue weighted by Gasteiger charge is -2.42. The van der Waals surface area contributed by atoms with Crippen molar-refractivity contribution in [3.63, 3.8) is 0 Å². The molecule has 0 amide bonds. The molecule has 5 rings (SSSR count). The van der Waals surface area contributed by atoms with Gasteiger partial charge in [0.2, 0.25) is 11.8 Å². The number of nitrogens with two attached hydrogens (primary N) is 1. The summed E-state index contributed by atoms with van der Waals surface area (Å²) < 4.78 is 9.25. The Balaban J connectivity index is 1.47. The van der Waals surface area contributed by atoms with Crippen molar-refractivity contribution in [1.82, 2.24) is 24.2 Å². The topological polar surface area (TPSA) is 94.8 Å². The summed E-state index contributed by atoms with van der Waals surface area (Å²) in [6.07, 6.45) is 7.70. The van der Waals surface area contributed by atoms with Crippen LogP contribution in [0.4, 0.5) is 5.95 Å². The fraction of sp³-hybridized carbons (Fsp3) is 0.350. The summed E-state index contributed by atoms with van der Waals surface area (Å²) in [6, 6.07) is 8.13. The van der Waals surface area contributed by atoms with E-state index in [9.17, 15) is 0 Å². The molecular formula is C20H23N7O. The zero-order valence-corrected chi connectivity index (χ0v) is 16.0. The Morgan fingerprint density at radius 1 is 1.25 bits per heavy atom. The van der Waals surface area contributed by atoms with Crippen LogP contribution in [0.1, 0.15) is 19.8 Å². The highest BCUT2D eigenvalue weighted by Crippen LogP contribution is 2.35. The van der Waals surface area contributed by atoms with Gasteiger partial charge in [-0.1, -0.05) is 0 Å². The quantitative estimate of drug-likeness (QED) is 0.555. The third kappa shape index (κ3) is 2.86. The molecule has 1 saturated carbocycles. The van der Waals surface area contributed by atoms with Crippen molar-refractivity contribution >= 4 is 17.0 Å². The summed E-state index contributed by atoms with van der Waals surface area (Å²) in [5.74, 6) is 1.66. The van der Waals surface area contributed by atoms with Crippen LogP contribution < -0.4 is 15.8 Å². The zero-order valence-electron chi connectivity index (χ0n) is 16.0. The minimum Gasteiger partial charge on any atom is -0.479 e. The van der Waals surface area contributed by atoms with E-state index < -0.39 is 0 Å². The Labute approximate surface area is 162 Å². The van der Waals surface area contributed by atoms with Crippen LogP contribution in [0.5, 0.6) is 5.88 Å². The van der Waals surface area contributed by atoms with Crippen LogP contribution in [0.3, 0.4) is 0 Å². The molecule has 1 fully saturated rings. The molecule has 0 aliphatic heterocycles. The molecule has 0 bridgehead atoms. The Morgan fingerprint density at radius 3 is 2.86 bits per heavy atom. The van der Waals surface area contributed by atoms with Crippen molar-refractivity contribution in [2.24, 2.45) is 11.7 Å². The molecule has 0 spiro atoms. The van der Waals surface area contributed by atoms with E-state index in [4.69, 9.17) is 10.5 Å². The number of pyridine rings is 1. The van der Waals surface area contributed by atoms with Gasteiger partial charge in [-0.05, 0) is 55.5 Å². The predicted molar refractivity (Wildman–Crippen MR) is 108 cm³/mol. The minimum absolute atomic E-state index is 0.0270. The molecule has 4 aromatic rings. The van der Waals surface area contributed by atoms with Crippen molar-refractivity contribution in [3.05, 3.63) is 42.9 Å². The number of nitrogens with one attached hydrogen (secondary N) is 1. The molecule has 0 aromatic carbocycles. The molecule has 8 nitrogen and oxygen atoms in total. The number of methoxy groups -OCH3 is 1. The van der Waals surface area contributed by atoms with Crippen molar-refractivity contribution in [3.8, 4) is 17.0 Å². The number of anilines is 1. The Bertz CT molecular complexity index is 1150. The van der Waals surface area contributed by atoms with E-state index in [0.717, 1.165) is 41.5 Å². The second-order valence-corrected chi connectivity index (χ2v) is 7.89. The first-order chi connectivity index (χ1) is 13.5. The van der Waals surface area contributed by atoms with Crippen LogP contribution >= 0.6 is 0 Å². The standard InChI is InChI=1S/C20H23N7O/c1-20(21)10-13(11-20)12-22-19-24-18(28-2)17-16(5-8-27(17)25-19)14-4-7-26-15(9-14)3-6-23-26/h3-9,13H,10-12,21H2,1-2H3,(H,22,25). The van der Waals surface area contributed by atoms with Crippen LogP contribution in [0.2, 0.25) is 0 Å². The highest BCUT2D eigenvalue weighted by Gasteiger charge is 2.36. The predicted octanol–water partition coefficient (Wildman–Crippen LogP) is 2.59. The monoisotopic (exact) mass is 377 g/mol.